The fourth-order valence-electron chi connectivity index (χ4n) is 3.49. The lowest BCUT2D eigenvalue weighted by Crippen LogP contribution is -2.40. The summed E-state index contributed by atoms with van der Waals surface area (Å²) in [5, 5.41) is 28.1. The number of carbonyl (C=O) groups excluding carboxylic acids is 1. The van der Waals surface area contributed by atoms with Crippen molar-refractivity contribution in [2.24, 2.45) is 5.92 Å². The van der Waals surface area contributed by atoms with Crippen molar-refractivity contribution >= 4 is 17.8 Å². The molecule has 0 aliphatic carbocycles. The van der Waals surface area contributed by atoms with Gasteiger partial charge in [-0.3, -0.25) is 9.69 Å². The van der Waals surface area contributed by atoms with E-state index in [0.717, 1.165) is 37.1 Å². The number of nitrogens with one attached hydrogen (secondary N) is 1. The maximum atomic E-state index is 12.5. The highest BCUT2D eigenvalue weighted by atomic mass is 16.5. The Balaban J connectivity index is 0.000000569. The minimum absolute atomic E-state index is 0.0607. The third kappa shape index (κ3) is 8.12. The van der Waals surface area contributed by atoms with Crippen molar-refractivity contribution in [1.82, 2.24) is 10.2 Å². The van der Waals surface area contributed by atoms with E-state index in [9.17, 15) is 9.90 Å². The van der Waals surface area contributed by atoms with Gasteiger partial charge in [-0.2, -0.15) is 0 Å². The normalized spacial score (nSPS) is 14.0. The number of ether oxygens (including phenoxy) is 1. The van der Waals surface area contributed by atoms with E-state index in [2.05, 4.69) is 41.4 Å². The van der Waals surface area contributed by atoms with Crippen molar-refractivity contribution < 1.29 is 34.4 Å². The van der Waals surface area contributed by atoms with Gasteiger partial charge in [0.2, 0.25) is 5.91 Å². The summed E-state index contributed by atoms with van der Waals surface area (Å²) < 4.78 is 5.17. The molecule has 2 aromatic carbocycles. The fourth-order valence-corrected chi connectivity index (χ4v) is 3.49. The lowest BCUT2D eigenvalue weighted by atomic mass is 9.95. The van der Waals surface area contributed by atoms with Crippen LogP contribution in [0.25, 0.3) is 0 Å². The Morgan fingerprint density at radius 3 is 2.18 bits per heavy atom. The molecule has 1 saturated heterocycles. The first-order valence-corrected chi connectivity index (χ1v) is 10.6. The lowest BCUT2D eigenvalue weighted by Gasteiger charge is -2.31. The molecule has 3 rings (SSSR count). The summed E-state index contributed by atoms with van der Waals surface area (Å²) in [6.45, 7) is 5.00. The van der Waals surface area contributed by atoms with Crippen molar-refractivity contribution in [3.8, 4) is 11.5 Å². The second-order valence-corrected chi connectivity index (χ2v) is 7.83. The first-order valence-electron chi connectivity index (χ1n) is 10.6. The van der Waals surface area contributed by atoms with Gasteiger partial charge in [0.1, 0.15) is 0 Å². The Hall–Kier alpha value is -3.59. The fraction of sp³-hybridized carbons (Fsp3) is 0.375. The smallest absolute Gasteiger partial charge is 0.414 e. The third-order valence-electron chi connectivity index (χ3n) is 5.43. The second-order valence-electron chi connectivity index (χ2n) is 7.83. The van der Waals surface area contributed by atoms with Crippen LogP contribution in [0.3, 0.4) is 0 Å². The van der Waals surface area contributed by atoms with Crippen molar-refractivity contribution in [2.75, 3.05) is 20.2 Å². The number of carboxylic acids is 2. The van der Waals surface area contributed by atoms with Gasteiger partial charge in [0.25, 0.3) is 0 Å². The van der Waals surface area contributed by atoms with Crippen LogP contribution in [0.4, 0.5) is 0 Å². The summed E-state index contributed by atoms with van der Waals surface area (Å²) in [6.07, 6.45) is 1.68. The molecule has 1 aliphatic rings. The van der Waals surface area contributed by atoms with Crippen LogP contribution in [-0.2, 0) is 27.5 Å². The zero-order valence-corrected chi connectivity index (χ0v) is 18.8. The number of piperidine rings is 1. The van der Waals surface area contributed by atoms with Crippen molar-refractivity contribution in [2.45, 2.75) is 32.9 Å². The SMILES string of the molecule is COc1cccc(CN2CCC(C(=O)NCc3ccc(C)cc3)CC2)c1O.O=C(O)C(=O)O. The largest absolute Gasteiger partial charge is 0.504 e. The van der Waals surface area contributed by atoms with Gasteiger partial charge in [0.15, 0.2) is 11.5 Å². The number of carboxylic acid groups (broad SMARTS) is 2. The Labute approximate surface area is 192 Å². The van der Waals surface area contributed by atoms with E-state index >= 15 is 0 Å². The highest BCUT2D eigenvalue weighted by Crippen LogP contribution is 2.31. The van der Waals surface area contributed by atoms with Crippen molar-refractivity contribution in [3.63, 3.8) is 0 Å². The van der Waals surface area contributed by atoms with E-state index in [1.807, 2.05) is 12.1 Å². The zero-order valence-electron chi connectivity index (χ0n) is 18.8. The quantitative estimate of drug-likeness (QED) is 0.485. The Kier molecular flexibility index (Phi) is 9.68. The highest BCUT2D eigenvalue weighted by Gasteiger charge is 2.25. The molecule has 9 heteroatoms. The number of aromatic hydroxyl groups is 1. The summed E-state index contributed by atoms with van der Waals surface area (Å²) in [5.74, 6) is -2.74. The average molecular weight is 459 g/mol. The topological polar surface area (TPSA) is 136 Å². The molecule has 33 heavy (non-hydrogen) atoms. The first-order chi connectivity index (χ1) is 15.7. The number of hydrogen-bond donors (Lipinski definition) is 4. The van der Waals surface area contributed by atoms with E-state index in [0.29, 0.717) is 18.8 Å². The Morgan fingerprint density at radius 1 is 1.03 bits per heavy atom. The molecule has 1 aliphatic heterocycles. The molecule has 2 aromatic rings. The van der Waals surface area contributed by atoms with Crippen LogP contribution < -0.4 is 10.1 Å². The second kappa shape index (κ2) is 12.4. The maximum Gasteiger partial charge on any atom is 0.414 e. The van der Waals surface area contributed by atoms with Crippen molar-refractivity contribution in [3.05, 3.63) is 59.2 Å². The van der Waals surface area contributed by atoms with Gasteiger partial charge < -0.3 is 25.4 Å². The molecule has 0 spiro atoms. The number of methoxy groups -OCH3 is 1. The standard InChI is InChI=1S/C22H28N2O3.C2H2O4/c1-16-6-8-17(9-7-16)14-23-22(26)18-10-12-24(13-11-18)15-19-4-3-5-20(27-2)21(19)25;3-1(4)2(5)6/h3-9,18,25H,10-15H2,1-2H3,(H,23,26);(H,3,4)(H,5,6). The molecule has 0 aromatic heterocycles. The van der Waals surface area contributed by atoms with Crippen LogP contribution in [0.1, 0.15) is 29.5 Å². The van der Waals surface area contributed by atoms with Gasteiger partial charge in [-0.1, -0.05) is 42.0 Å². The number of hydrogen-bond acceptors (Lipinski definition) is 6. The van der Waals surface area contributed by atoms with Crippen LogP contribution in [0.2, 0.25) is 0 Å². The summed E-state index contributed by atoms with van der Waals surface area (Å²) in [5.41, 5.74) is 3.20. The molecular weight excluding hydrogens is 428 g/mol. The summed E-state index contributed by atoms with van der Waals surface area (Å²) in [4.78, 5) is 32.9. The molecular formula is C24H30N2O7. The molecule has 4 N–H and O–H groups in total. The molecule has 0 bridgehead atoms. The predicted molar refractivity (Wildman–Crippen MR) is 121 cm³/mol. The first kappa shape index (κ1) is 25.7. The van der Waals surface area contributed by atoms with Crippen LogP contribution in [0, 0.1) is 12.8 Å². The number of aliphatic carboxylic acids is 2. The number of phenols is 1. The number of amides is 1. The van der Waals surface area contributed by atoms with Gasteiger partial charge in [0, 0.05) is 24.6 Å². The van der Waals surface area contributed by atoms with Gasteiger partial charge >= 0.3 is 11.9 Å². The monoisotopic (exact) mass is 458 g/mol. The molecule has 0 saturated carbocycles. The number of likely N-dealkylation sites (tertiary alicyclic amines) is 1. The molecule has 0 atom stereocenters. The third-order valence-corrected chi connectivity index (χ3v) is 5.43. The Bertz CT molecular complexity index is 940. The molecule has 1 fully saturated rings. The van der Waals surface area contributed by atoms with Crippen molar-refractivity contribution in [1.29, 1.82) is 0 Å². The van der Waals surface area contributed by atoms with E-state index in [-0.39, 0.29) is 17.6 Å². The number of phenolic OH excluding ortho intramolecular Hbond substituents is 1. The summed E-state index contributed by atoms with van der Waals surface area (Å²) in [7, 11) is 1.56. The van der Waals surface area contributed by atoms with E-state index in [1.165, 1.54) is 5.56 Å². The number of aryl methyl sites for hydroxylation is 1. The predicted octanol–water partition coefficient (Wildman–Crippen LogP) is 2.39. The van der Waals surface area contributed by atoms with Gasteiger partial charge in [-0.05, 0) is 44.5 Å². The number of rotatable bonds is 6. The van der Waals surface area contributed by atoms with E-state index < -0.39 is 11.9 Å². The molecule has 1 heterocycles. The molecule has 0 unspecified atom stereocenters. The van der Waals surface area contributed by atoms with Gasteiger partial charge in [-0.15, -0.1) is 0 Å². The minimum atomic E-state index is -1.82. The number of benzene rings is 2. The summed E-state index contributed by atoms with van der Waals surface area (Å²) >= 11 is 0. The number of nitrogens with zero attached hydrogens (tertiary/aromatic N) is 1. The van der Waals surface area contributed by atoms with E-state index in [4.69, 9.17) is 24.5 Å². The molecule has 178 valence electrons. The maximum absolute atomic E-state index is 12.5. The van der Waals surface area contributed by atoms with Crippen LogP contribution in [0.15, 0.2) is 42.5 Å². The van der Waals surface area contributed by atoms with Gasteiger partial charge in [0.05, 0.1) is 7.11 Å². The van der Waals surface area contributed by atoms with Crippen LogP contribution in [0.5, 0.6) is 11.5 Å². The van der Waals surface area contributed by atoms with Crippen LogP contribution in [-0.4, -0.2) is 58.3 Å². The minimum Gasteiger partial charge on any atom is -0.504 e. The summed E-state index contributed by atoms with van der Waals surface area (Å²) in [6, 6.07) is 13.8. The number of para-hydroxylation sites is 1. The van der Waals surface area contributed by atoms with Crippen LogP contribution >= 0.6 is 0 Å². The lowest BCUT2D eigenvalue weighted by molar-refractivity contribution is -0.159. The Morgan fingerprint density at radius 2 is 1.64 bits per heavy atom. The zero-order chi connectivity index (χ0) is 24.4. The van der Waals surface area contributed by atoms with Gasteiger partial charge in [-0.25, -0.2) is 9.59 Å². The highest BCUT2D eigenvalue weighted by molar-refractivity contribution is 6.27. The average Bonchev–Trinajstić information content (AvgIpc) is 2.80. The molecule has 9 nitrogen and oxygen atoms in total. The number of carbonyl (C=O) groups is 3. The molecule has 1 amide bonds. The molecule has 0 radical (unpaired) electrons. The van der Waals surface area contributed by atoms with E-state index in [1.54, 1.807) is 13.2 Å².